The van der Waals surface area contributed by atoms with Gasteiger partial charge in [-0.2, -0.15) is 0 Å². The van der Waals surface area contributed by atoms with Crippen molar-refractivity contribution in [3.63, 3.8) is 0 Å². The summed E-state index contributed by atoms with van der Waals surface area (Å²) in [5, 5.41) is 21.7. The molecule has 0 aliphatic carbocycles. The van der Waals surface area contributed by atoms with E-state index in [9.17, 15) is 18.6 Å². The van der Waals surface area contributed by atoms with Crippen LogP contribution in [0.4, 0.5) is 5.69 Å². The summed E-state index contributed by atoms with van der Waals surface area (Å²) in [7, 11) is 0.334. The molecular formula is C24H27NO7S. The van der Waals surface area contributed by atoms with Gasteiger partial charge in [0, 0.05) is 11.6 Å². The van der Waals surface area contributed by atoms with Crippen molar-refractivity contribution in [2.24, 2.45) is 0 Å². The summed E-state index contributed by atoms with van der Waals surface area (Å²) in [6.07, 6.45) is 0. The topological polar surface area (TPSA) is 114 Å². The number of phenolic OH excluding ortho intramolecular Hbond substituents is 2. The molecule has 0 atom stereocenters. The first-order chi connectivity index (χ1) is 15.5. The normalized spacial score (nSPS) is 11.2. The lowest BCUT2D eigenvalue weighted by Gasteiger charge is -2.22. The molecule has 9 heteroatoms. The maximum Gasteiger partial charge on any atom is 0.261 e. The molecule has 0 bridgehead atoms. The highest BCUT2D eigenvalue weighted by Gasteiger charge is 2.27. The van der Waals surface area contributed by atoms with E-state index in [0.29, 0.717) is 11.1 Å². The summed E-state index contributed by atoms with van der Waals surface area (Å²) in [6, 6.07) is 9.33. The summed E-state index contributed by atoms with van der Waals surface area (Å²) in [5.41, 5.74) is 2.31. The third kappa shape index (κ3) is 4.36. The molecule has 3 aromatic rings. The molecular weight excluding hydrogens is 446 g/mol. The third-order valence-electron chi connectivity index (χ3n) is 5.38. The number of phenols is 2. The second-order valence-electron chi connectivity index (χ2n) is 7.55. The standard InChI is InChI=1S/C24H27NO7S/c1-13-7-9-16(10-8-13)33(28,29)25-17-11-14(2)22(27)20(15(17)3)21-18(26)12-19(30-4)23(31-5)24(21)32-6/h7-12,25-27H,1-6H3. The van der Waals surface area contributed by atoms with Gasteiger partial charge in [0.1, 0.15) is 11.5 Å². The number of rotatable bonds is 7. The summed E-state index contributed by atoms with van der Waals surface area (Å²) in [4.78, 5) is 0.103. The lowest BCUT2D eigenvalue weighted by molar-refractivity contribution is 0.321. The van der Waals surface area contributed by atoms with Crippen LogP contribution in [0.5, 0.6) is 28.7 Å². The number of methoxy groups -OCH3 is 3. The fourth-order valence-electron chi connectivity index (χ4n) is 3.62. The van der Waals surface area contributed by atoms with Gasteiger partial charge >= 0.3 is 0 Å². The van der Waals surface area contributed by atoms with Crippen molar-refractivity contribution in [1.29, 1.82) is 0 Å². The van der Waals surface area contributed by atoms with E-state index in [1.54, 1.807) is 26.0 Å². The second-order valence-corrected chi connectivity index (χ2v) is 9.23. The van der Waals surface area contributed by atoms with Crippen LogP contribution in [0.2, 0.25) is 0 Å². The molecule has 0 saturated carbocycles. The number of nitrogens with one attached hydrogen (secondary N) is 1. The predicted octanol–water partition coefficient (Wildman–Crippen LogP) is 4.52. The molecule has 3 N–H and O–H groups in total. The molecule has 3 rings (SSSR count). The molecule has 8 nitrogen and oxygen atoms in total. The van der Waals surface area contributed by atoms with Crippen LogP contribution >= 0.6 is 0 Å². The zero-order chi connectivity index (χ0) is 24.5. The Balaban J connectivity index is 2.25. The molecule has 0 aromatic heterocycles. The average molecular weight is 474 g/mol. The number of hydrogen-bond donors (Lipinski definition) is 3. The molecule has 0 saturated heterocycles. The Kier molecular flexibility index (Phi) is 6.64. The molecule has 33 heavy (non-hydrogen) atoms. The van der Waals surface area contributed by atoms with Gasteiger partial charge in [0.2, 0.25) is 5.75 Å². The van der Waals surface area contributed by atoms with Crippen LogP contribution in [0.3, 0.4) is 0 Å². The maximum absolute atomic E-state index is 13.0. The van der Waals surface area contributed by atoms with Crippen molar-refractivity contribution in [3.8, 4) is 39.9 Å². The maximum atomic E-state index is 13.0. The highest BCUT2D eigenvalue weighted by molar-refractivity contribution is 7.92. The van der Waals surface area contributed by atoms with Crippen LogP contribution in [-0.2, 0) is 10.0 Å². The fourth-order valence-corrected chi connectivity index (χ4v) is 4.73. The minimum atomic E-state index is -3.90. The van der Waals surface area contributed by atoms with Crippen LogP contribution in [0.1, 0.15) is 16.7 Å². The highest BCUT2D eigenvalue weighted by atomic mass is 32.2. The van der Waals surface area contributed by atoms with E-state index in [1.807, 2.05) is 6.92 Å². The minimum absolute atomic E-state index is 0.103. The van der Waals surface area contributed by atoms with Crippen LogP contribution in [0, 0.1) is 20.8 Å². The largest absolute Gasteiger partial charge is 0.507 e. The third-order valence-corrected chi connectivity index (χ3v) is 6.77. The fraction of sp³-hybridized carbons (Fsp3) is 0.250. The van der Waals surface area contributed by atoms with Gasteiger partial charge in [0.25, 0.3) is 10.0 Å². The van der Waals surface area contributed by atoms with Crippen molar-refractivity contribution >= 4 is 15.7 Å². The van der Waals surface area contributed by atoms with E-state index in [4.69, 9.17) is 14.2 Å². The number of aromatic hydroxyl groups is 2. The summed E-state index contributed by atoms with van der Waals surface area (Å²) < 4.78 is 44.8. The Morgan fingerprint density at radius 3 is 1.97 bits per heavy atom. The first kappa shape index (κ1) is 24.1. The van der Waals surface area contributed by atoms with Gasteiger partial charge in [-0.3, -0.25) is 4.72 Å². The van der Waals surface area contributed by atoms with Crippen LogP contribution in [-0.4, -0.2) is 40.0 Å². The summed E-state index contributed by atoms with van der Waals surface area (Å²) >= 11 is 0. The van der Waals surface area contributed by atoms with Gasteiger partial charge < -0.3 is 24.4 Å². The smallest absolute Gasteiger partial charge is 0.261 e. The average Bonchev–Trinajstić information content (AvgIpc) is 2.77. The molecule has 176 valence electrons. The Bertz CT molecular complexity index is 1300. The van der Waals surface area contributed by atoms with E-state index >= 15 is 0 Å². The number of hydrogen-bond acceptors (Lipinski definition) is 7. The SMILES string of the molecule is COc1cc(O)c(-c2c(C)c(NS(=O)(=O)c3ccc(C)cc3)cc(C)c2O)c(OC)c1OC. The lowest BCUT2D eigenvalue weighted by atomic mass is 9.93. The molecule has 0 aliphatic rings. The van der Waals surface area contributed by atoms with E-state index < -0.39 is 10.0 Å². The number of ether oxygens (including phenoxy) is 3. The lowest BCUT2D eigenvalue weighted by Crippen LogP contribution is -2.14. The second kappa shape index (κ2) is 9.11. The molecule has 0 radical (unpaired) electrons. The first-order valence-corrected chi connectivity index (χ1v) is 11.5. The number of sulfonamides is 1. The van der Waals surface area contributed by atoms with Gasteiger partial charge in [-0.1, -0.05) is 17.7 Å². The van der Waals surface area contributed by atoms with Crippen molar-refractivity contribution in [2.45, 2.75) is 25.7 Å². The summed E-state index contributed by atoms with van der Waals surface area (Å²) in [5.74, 6) is 0.216. The zero-order valence-corrected chi connectivity index (χ0v) is 20.1. The van der Waals surface area contributed by atoms with Gasteiger partial charge in [0.05, 0.1) is 37.5 Å². The van der Waals surface area contributed by atoms with Gasteiger partial charge in [-0.25, -0.2) is 8.42 Å². The molecule has 0 amide bonds. The number of benzene rings is 3. The van der Waals surface area contributed by atoms with Crippen molar-refractivity contribution in [2.75, 3.05) is 26.1 Å². The molecule has 0 aliphatic heterocycles. The Morgan fingerprint density at radius 1 is 0.818 bits per heavy atom. The predicted molar refractivity (Wildman–Crippen MR) is 126 cm³/mol. The Hall–Kier alpha value is -3.59. The van der Waals surface area contributed by atoms with Crippen molar-refractivity contribution in [3.05, 3.63) is 53.1 Å². The zero-order valence-electron chi connectivity index (χ0n) is 19.3. The van der Waals surface area contributed by atoms with Crippen LogP contribution in [0.25, 0.3) is 11.1 Å². The molecule has 0 unspecified atom stereocenters. The van der Waals surface area contributed by atoms with Gasteiger partial charge in [-0.05, 0) is 50.1 Å². The monoisotopic (exact) mass is 473 g/mol. The molecule has 0 spiro atoms. The summed E-state index contributed by atoms with van der Waals surface area (Å²) in [6.45, 7) is 5.13. The van der Waals surface area contributed by atoms with Crippen molar-refractivity contribution in [1.82, 2.24) is 0 Å². The number of aryl methyl sites for hydroxylation is 2. The molecule has 0 heterocycles. The van der Waals surface area contributed by atoms with Gasteiger partial charge in [0.15, 0.2) is 11.5 Å². The highest BCUT2D eigenvalue weighted by Crippen LogP contribution is 2.53. The van der Waals surface area contributed by atoms with E-state index in [0.717, 1.165) is 5.56 Å². The molecule has 0 fully saturated rings. The first-order valence-electron chi connectivity index (χ1n) is 10.0. The van der Waals surface area contributed by atoms with E-state index in [2.05, 4.69) is 4.72 Å². The van der Waals surface area contributed by atoms with Crippen LogP contribution in [0.15, 0.2) is 41.3 Å². The van der Waals surface area contributed by atoms with E-state index in [1.165, 1.54) is 45.6 Å². The Morgan fingerprint density at radius 2 is 1.42 bits per heavy atom. The van der Waals surface area contributed by atoms with Crippen molar-refractivity contribution < 1.29 is 32.8 Å². The number of anilines is 1. The van der Waals surface area contributed by atoms with E-state index in [-0.39, 0.29) is 50.5 Å². The van der Waals surface area contributed by atoms with Crippen LogP contribution < -0.4 is 18.9 Å². The molecule has 3 aromatic carbocycles. The quantitative estimate of drug-likeness (QED) is 0.432. The Labute approximate surface area is 193 Å². The minimum Gasteiger partial charge on any atom is -0.507 e. The van der Waals surface area contributed by atoms with Gasteiger partial charge in [-0.15, -0.1) is 0 Å².